The summed E-state index contributed by atoms with van der Waals surface area (Å²) in [6.45, 7) is 4.22. The molecule has 0 aromatic heterocycles. The van der Waals surface area contributed by atoms with Crippen LogP contribution in [0.3, 0.4) is 0 Å². The lowest BCUT2D eigenvalue weighted by atomic mass is 9.94. The molecular weight excluding hydrogens is 272 g/mol. The molecule has 112 valence electrons. The number of ether oxygens (including phenoxy) is 2. The quantitative estimate of drug-likeness (QED) is 0.665. The maximum atomic E-state index is 5.47. The molecule has 0 atom stereocenters. The van der Waals surface area contributed by atoms with Crippen molar-refractivity contribution < 1.29 is 9.47 Å². The van der Waals surface area contributed by atoms with Crippen LogP contribution in [0.25, 0.3) is 21.9 Å². The van der Waals surface area contributed by atoms with Crippen molar-refractivity contribution in [3.63, 3.8) is 0 Å². The first kappa shape index (κ1) is 14.5. The van der Waals surface area contributed by atoms with E-state index < -0.39 is 0 Å². The highest BCUT2D eigenvalue weighted by atomic mass is 16.5. The Balaban J connectivity index is 2.31. The van der Waals surface area contributed by atoms with Gasteiger partial charge in [-0.1, -0.05) is 42.0 Å². The Labute approximate surface area is 131 Å². The molecule has 0 amide bonds. The van der Waals surface area contributed by atoms with Crippen LogP contribution in [0, 0.1) is 13.8 Å². The molecule has 0 aliphatic carbocycles. The summed E-state index contributed by atoms with van der Waals surface area (Å²) in [6, 6.07) is 17.1. The molecule has 0 bridgehead atoms. The number of hydrogen-bond donors (Lipinski definition) is 0. The molecule has 0 unspecified atom stereocenters. The first-order chi connectivity index (χ1) is 10.6. The molecule has 0 heterocycles. The summed E-state index contributed by atoms with van der Waals surface area (Å²) in [7, 11) is 3.34. The fraction of sp³-hybridized carbons (Fsp3) is 0.200. The minimum Gasteiger partial charge on any atom is -0.493 e. The Kier molecular flexibility index (Phi) is 3.76. The van der Waals surface area contributed by atoms with Crippen LogP contribution in [0.15, 0.2) is 48.5 Å². The van der Waals surface area contributed by atoms with Gasteiger partial charge in [0.15, 0.2) is 11.5 Å². The third-order valence-electron chi connectivity index (χ3n) is 4.10. The zero-order chi connectivity index (χ0) is 15.7. The van der Waals surface area contributed by atoms with E-state index in [1.807, 2.05) is 0 Å². The topological polar surface area (TPSA) is 18.5 Å². The lowest BCUT2D eigenvalue weighted by molar-refractivity contribution is 0.356. The van der Waals surface area contributed by atoms with E-state index in [-0.39, 0.29) is 0 Å². The highest BCUT2D eigenvalue weighted by Gasteiger charge is 2.11. The van der Waals surface area contributed by atoms with Gasteiger partial charge in [-0.2, -0.15) is 0 Å². The van der Waals surface area contributed by atoms with Crippen LogP contribution in [0.2, 0.25) is 0 Å². The molecule has 0 saturated carbocycles. The number of hydrogen-bond acceptors (Lipinski definition) is 2. The normalized spacial score (nSPS) is 10.7. The predicted octanol–water partition coefficient (Wildman–Crippen LogP) is 5.14. The fourth-order valence-corrected chi connectivity index (χ4v) is 2.80. The summed E-state index contributed by atoms with van der Waals surface area (Å²) < 4.78 is 10.9. The third-order valence-corrected chi connectivity index (χ3v) is 4.10. The molecule has 0 aliphatic heterocycles. The Morgan fingerprint density at radius 3 is 1.86 bits per heavy atom. The Morgan fingerprint density at radius 2 is 1.27 bits per heavy atom. The average Bonchev–Trinajstić information content (AvgIpc) is 2.55. The number of benzene rings is 3. The molecule has 0 N–H and O–H groups in total. The van der Waals surface area contributed by atoms with Crippen LogP contribution >= 0.6 is 0 Å². The molecule has 22 heavy (non-hydrogen) atoms. The van der Waals surface area contributed by atoms with Crippen molar-refractivity contribution in [3.05, 3.63) is 59.7 Å². The Hall–Kier alpha value is -2.48. The van der Waals surface area contributed by atoms with Gasteiger partial charge in [-0.25, -0.2) is 0 Å². The van der Waals surface area contributed by atoms with Crippen LogP contribution in [-0.4, -0.2) is 14.2 Å². The third kappa shape index (κ3) is 2.41. The van der Waals surface area contributed by atoms with E-state index in [4.69, 9.17) is 9.47 Å². The fourth-order valence-electron chi connectivity index (χ4n) is 2.80. The van der Waals surface area contributed by atoms with E-state index in [1.165, 1.54) is 33.0 Å². The van der Waals surface area contributed by atoms with Gasteiger partial charge in [0.05, 0.1) is 14.2 Å². The van der Waals surface area contributed by atoms with Crippen molar-refractivity contribution in [2.24, 2.45) is 0 Å². The van der Waals surface area contributed by atoms with Crippen LogP contribution < -0.4 is 9.47 Å². The number of fused-ring (bicyclic) bond motifs is 1. The van der Waals surface area contributed by atoms with Gasteiger partial charge in [0.2, 0.25) is 0 Å². The molecule has 0 fully saturated rings. The molecule has 0 aliphatic rings. The van der Waals surface area contributed by atoms with E-state index in [0.29, 0.717) is 0 Å². The zero-order valence-corrected chi connectivity index (χ0v) is 13.4. The summed E-state index contributed by atoms with van der Waals surface area (Å²) in [4.78, 5) is 0. The van der Waals surface area contributed by atoms with Crippen molar-refractivity contribution in [2.75, 3.05) is 14.2 Å². The summed E-state index contributed by atoms with van der Waals surface area (Å²) in [6.07, 6.45) is 0. The molecule has 3 rings (SSSR count). The van der Waals surface area contributed by atoms with E-state index in [1.54, 1.807) is 14.2 Å². The number of aryl methyl sites for hydroxylation is 2. The van der Waals surface area contributed by atoms with Gasteiger partial charge in [-0.15, -0.1) is 0 Å². The molecule has 0 saturated heterocycles. The molecular formula is C20H20O2. The lowest BCUT2D eigenvalue weighted by Crippen LogP contribution is -1.92. The van der Waals surface area contributed by atoms with Crippen molar-refractivity contribution >= 4 is 10.8 Å². The minimum atomic E-state index is 0.758. The zero-order valence-electron chi connectivity index (χ0n) is 13.4. The van der Waals surface area contributed by atoms with Gasteiger partial charge in [0.25, 0.3) is 0 Å². The highest BCUT2D eigenvalue weighted by Crippen LogP contribution is 2.38. The summed E-state index contributed by atoms with van der Waals surface area (Å²) in [5.41, 5.74) is 4.91. The molecule has 2 heteroatoms. The summed E-state index contributed by atoms with van der Waals surface area (Å²) in [5.74, 6) is 1.52. The molecule has 3 aromatic rings. The van der Waals surface area contributed by atoms with E-state index in [0.717, 1.165) is 11.5 Å². The standard InChI is InChI=1S/C20H20O2/c1-13-5-8-15(9-6-13)16-10-7-14(2)17-11-19(21-3)20(22-4)12-18(16)17/h5-12H,1-4H3. The largest absolute Gasteiger partial charge is 0.493 e. The van der Waals surface area contributed by atoms with Crippen molar-refractivity contribution in [2.45, 2.75) is 13.8 Å². The maximum Gasteiger partial charge on any atom is 0.161 e. The number of rotatable bonds is 3. The first-order valence-electron chi connectivity index (χ1n) is 7.36. The van der Waals surface area contributed by atoms with Gasteiger partial charge < -0.3 is 9.47 Å². The van der Waals surface area contributed by atoms with Gasteiger partial charge >= 0.3 is 0 Å². The van der Waals surface area contributed by atoms with Gasteiger partial charge in [-0.3, -0.25) is 0 Å². The van der Waals surface area contributed by atoms with E-state index >= 15 is 0 Å². The SMILES string of the molecule is COc1cc2c(C)ccc(-c3ccc(C)cc3)c2cc1OC. The van der Waals surface area contributed by atoms with Crippen molar-refractivity contribution in [3.8, 4) is 22.6 Å². The highest BCUT2D eigenvalue weighted by molar-refractivity contribution is 6.00. The maximum absolute atomic E-state index is 5.47. The number of methoxy groups -OCH3 is 2. The second-order valence-corrected chi connectivity index (χ2v) is 5.55. The first-order valence-corrected chi connectivity index (χ1v) is 7.36. The molecule has 3 aromatic carbocycles. The predicted molar refractivity (Wildman–Crippen MR) is 92.0 cm³/mol. The van der Waals surface area contributed by atoms with Crippen LogP contribution in [0.5, 0.6) is 11.5 Å². The van der Waals surface area contributed by atoms with Crippen molar-refractivity contribution in [1.82, 2.24) is 0 Å². The van der Waals surface area contributed by atoms with Gasteiger partial charge in [-0.05, 0) is 53.4 Å². The monoisotopic (exact) mass is 292 g/mol. The second kappa shape index (κ2) is 5.72. The van der Waals surface area contributed by atoms with Gasteiger partial charge in [0.1, 0.15) is 0 Å². The lowest BCUT2D eigenvalue weighted by Gasteiger charge is -2.14. The van der Waals surface area contributed by atoms with Crippen molar-refractivity contribution in [1.29, 1.82) is 0 Å². The molecule has 2 nitrogen and oxygen atoms in total. The van der Waals surface area contributed by atoms with E-state index in [9.17, 15) is 0 Å². The van der Waals surface area contributed by atoms with E-state index in [2.05, 4.69) is 62.4 Å². The van der Waals surface area contributed by atoms with Crippen LogP contribution in [-0.2, 0) is 0 Å². The molecule has 0 spiro atoms. The Morgan fingerprint density at radius 1 is 0.682 bits per heavy atom. The minimum absolute atomic E-state index is 0.758. The summed E-state index contributed by atoms with van der Waals surface area (Å²) >= 11 is 0. The summed E-state index contributed by atoms with van der Waals surface area (Å²) in [5, 5.41) is 2.37. The van der Waals surface area contributed by atoms with Crippen LogP contribution in [0.4, 0.5) is 0 Å². The van der Waals surface area contributed by atoms with Gasteiger partial charge in [0, 0.05) is 0 Å². The smallest absolute Gasteiger partial charge is 0.161 e. The second-order valence-electron chi connectivity index (χ2n) is 5.55. The van der Waals surface area contributed by atoms with Crippen LogP contribution in [0.1, 0.15) is 11.1 Å². The Bertz CT molecular complexity index is 817. The molecule has 0 radical (unpaired) electrons. The average molecular weight is 292 g/mol.